The fraction of sp³-hybridized carbons (Fsp3) is 0.929. The molecule has 1 saturated carbocycles. The average Bonchev–Trinajstić information content (AvgIpc) is 2.85. The zero-order chi connectivity index (χ0) is 13.8. The van der Waals surface area contributed by atoms with Crippen LogP contribution in [0, 0.1) is 5.92 Å². The third kappa shape index (κ3) is 3.68. The first-order valence-electron chi connectivity index (χ1n) is 7.40. The molecule has 1 aliphatic carbocycles. The number of carbonyl (C=O) groups excluding carboxylic acids is 1. The lowest BCUT2D eigenvalue weighted by atomic mass is 10.0. The minimum absolute atomic E-state index is 0.0117. The van der Waals surface area contributed by atoms with Crippen LogP contribution in [0.1, 0.15) is 33.1 Å². The summed E-state index contributed by atoms with van der Waals surface area (Å²) in [5, 5.41) is 12.8. The number of nitrogens with one attached hydrogen (secondary N) is 1. The van der Waals surface area contributed by atoms with E-state index < -0.39 is 6.10 Å². The number of aliphatic hydroxyl groups is 1. The van der Waals surface area contributed by atoms with E-state index in [1.807, 2.05) is 6.92 Å². The van der Waals surface area contributed by atoms with Gasteiger partial charge in [-0.1, -0.05) is 0 Å². The molecule has 0 bridgehead atoms. The Morgan fingerprint density at radius 2 is 2.00 bits per heavy atom. The monoisotopic (exact) mass is 270 g/mol. The van der Waals surface area contributed by atoms with Gasteiger partial charge in [0.1, 0.15) is 0 Å². The highest BCUT2D eigenvalue weighted by atomic mass is 16.5. The maximum atomic E-state index is 12.1. The normalized spacial score (nSPS) is 31.9. The number of ether oxygens (including phenoxy) is 1. The molecule has 19 heavy (non-hydrogen) atoms. The molecule has 1 saturated heterocycles. The Kier molecular flexibility index (Phi) is 5.19. The van der Waals surface area contributed by atoms with Gasteiger partial charge in [-0.05, 0) is 33.1 Å². The molecule has 2 aliphatic rings. The van der Waals surface area contributed by atoms with Gasteiger partial charge in [0.25, 0.3) is 0 Å². The van der Waals surface area contributed by atoms with E-state index in [-0.39, 0.29) is 17.9 Å². The molecular weight excluding hydrogens is 244 g/mol. The fourth-order valence-corrected chi connectivity index (χ4v) is 3.00. The summed E-state index contributed by atoms with van der Waals surface area (Å²) in [6.07, 6.45) is 2.06. The SMILES string of the molecule is CC(NC(=O)C1CCCC1O)C(C)N1CCOCC1. The van der Waals surface area contributed by atoms with E-state index in [4.69, 9.17) is 4.74 Å². The lowest BCUT2D eigenvalue weighted by molar-refractivity contribution is -0.128. The second-order valence-corrected chi connectivity index (χ2v) is 5.79. The highest BCUT2D eigenvalue weighted by molar-refractivity contribution is 5.79. The first-order valence-corrected chi connectivity index (χ1v) is 7.40. The van der Waals surface area contributed by atoms with Crippen LogP contribution in [0.3, 0.4) is 0 Å². The van der Waals surface area contributed by atoms with Gasteiger partial charge in [0.2, 0.25) is 5.91 Å². The number of nitrogens with zero attached hydrogens (tertiary/aromatic N) is 1. The van der Waals surface area contributed by atoms with E-state index in [0.717, 1.165) is 45.6 Å². The zero-order valence-corrected chi connectivity index (χ0v) is 12.0. The molecular formula is C14H26N2O3. The van der Waals surface area contributed by atoms with Crippen LogP contribution in [0.4, 0.5) is 0 Å². The van der Waals surface area contributed by atoms with Crippen molar-refractivity contribution < 1.29 is 14.6 Å². The number of aliphatic hydroxyl groups excluding tert-OH is 1. The molecule has 5 heteroatoms. The molecule has 0 aromatic rings. The molecule has 4 unspecified atom stereocenters. The summed E-state index contributed by atoms with van der Waals surface area (Å²) < 4.78 is 5.34. The number of morpholine rings is 1. The van der Waals surface area contributed by atoms with Crippen molar-refractivity contribution in [1.29, 1.82) is 0 Å². The van der Waals surface area contributed by atoms with E-state index in [2.05, 4.69) is 17.1 Å². The first-order chi connectivity index (χ1) is 9.09. The summed E-state index contributed by atoms with van der Waals surface area (Å²) in [6, 6.07) is 0.393. The van der Waals surface area contributed by atoms with E-state index in [1.165, 1.54) is 0 Å². The minimum atomic E-state index is -0.453. The van der Waals surface area contributed by atoms with Crippen LogP contribution in [0.25, 0.3) is 0 Å². The smallest absolute Gasteiger partial charge is 0.225 e. The number of hydrogen-bond acceptors (Lipinski definition) is 4. The molecule has 4 atom stereocenters. The third-order valence-electron chi connectivity index (χ3n) is 4.53. The fourth-order valence-electron chi connectivity index (χ4n) is 3.00. The molecule has 110 valence electrons. The van der Waals surface area contributed by atoms with Gasteiger partial charge in [-0.3, -0.25) is 9.69 Å². The van der Waals surface area contributed by atoms with Crippen LogP contribution < -0.4 is 5.32 Å². The number of carbonyl (C=O) groups is 1. The summed E-state index contributed by atoms with van der Waals surface area (Å²) in [4.78, 5) is 14.5. The van der Waals surface area contributed by atoms with Gasteiger partial charge in [0.05, 0.1) is 25.2 Å². The summed E-state index contributed by atoms with van der Waals surface area (Å²) in [6.45, 7) is 7.57. The van der Waals surface area contributed by atoms with E-state index >= 15 is 0 Å². The minimum Gasteiger partial charge on any atom is -0.392 e. The standard InChI is InChI=1S/C14H26N2O3/c1-10(11(2)16-6-8-19-9-7-16)15-14(18)12-4-3-5-13(12)17/h10-13,17H,3-9H2,1-2H3,(H,15,18). The average molecular weight is 270 g/mol. The van der Waals surface area contributed by atoms with Crippen molar-refractivity contribution in [2.75, 3.05) is 26.3 Å². The molecule has 5 nitrogen and oxygen atoms in total. The second-order valence-electron chi connectivity index (χ2n) is 5.79. The first kappa shape index (κ1) is 14.8. The van der Waals surface area contributed by atoms with Crippen LogP contribution in [-0.4, -0.2) is 60.4 Å². The summed E-state index contributed by atoms with van der Waals surface area (Å²) in [5.74, 6) is -0.197. The largest absolute Gasteiger partial charge is 0.392 e. The zero-order valence-electron chi connectivity index (χ0n) is 12.0. The Morgan fingerprint density at radius 1 is 1.32 bits per heavy atom. The van der Waals surface area contributed by atoms with Gasteiger partial charge < -0.3 is 15.2 Å². The Hall–Kier alpha value is -0.650. The van der Waals surface area contributed by atoms with Crippen LogP contribution in [0.15, 0.2) is 0 Å². The van der Waals surface area contributed by atoms with Gasteiger partial charge in [0.15, 0.2) is 0 Å². The Morgan fingerprint density at radius 3 is 2.58 bits per heavy atom. The van der Waals surface area contributed by atoms with Crippen LogP contribution in [0.2, 0.25) is 0 Å². The van der Waals surface area contributed by atoms with Crippen molar-refractivity contribution in [2.45, 2.75) is 51.3 Å². The van der Waals surface area contributed by atoms with Gasteiger partial charge in [-0.15, -0.1) is 0 Å². The van der Waals surface area contributed by atoms with Gasteiger partial charge in [-0.25, -0.2) is 0 Å². The number of rotatable bonds is 4. The van der Waals surface area contributed by atoms with Crippen molar-refractivity contribution in [3.8, 4) is 0 Å². The third-order valence-corrected chi connectivity index (χ3v) is 4.53. The van der Waals surface area contributed by atoms with Crippen molar-refractivity contribution in [2.24, 2.45) is 5.92 Å². The predicted octanol–water partition coefficient (Wildman–Crippen LogP) is 0.373. The molecule has 2 N–H and O–H groups in total. The van der Waals surface area contributed by atoms with Crippen molar-refractivity contribution in [1.82, 2.24) is 10.2 Å². The molecule has 1 heterocycles. The van der Waals surface area contributed by atoms with Crippen molar-refractivity contribution in [3.05, 3.63) is 0 Å². The molecule has 0 aromatic heterocycles. The van der Waals surface area contributed by atoms with E-state index in [1.54, 1.807) is 0 Å². The summed E-state index contributed by atoms with van der Waals surface area (Å²) in [5.41, 5.74) is 0. The van der Waals surface area contributed by atoms with Crippen LogP contribution in [0.5, 0.6) is 0 Å². The number of amides is 1. The van der Waals surface area contributed by atoms with Gasteiger partial charge >= 0.3 is 0 Å². The molecule has 2 fully saturated rings. The Bertz CT molecular complexity index is 305. The summed E-state index contributed by atoms with van der Waals surface area (Å²) in [7, 11) is 0. The van der Waals surface area contributed by atoms with Crippen molar-refractivity contribution >= 4 is 5.91 Å². The van der Waals surface area contributed by atoms with Gasteiger partial charge in [0, 0.05) is 25.2 Å². The summed E-state index contributed by atoms with van der Waals surface area (Å²) >= 11 is 0. The lowest BCUT2D eigenvalue weighted by Gasteiger charge is -2.36. The topological polar surface area (TPSA) is 61.8 Å². The van der Waals surface area contributed by atoms with E-state index in [9.17, 15) is 9.90 Å². The molecule has 0 aromatic carbocycles. The maximum absolute atomic E-state index is 12.1. The number of hydrogen-bond donors (Lipinski definition) is 2. The highest BCUT2D eigenvalue weighted by Gasteiger charge is 2.33. The molecule has 1 aliphatic heterocycles. The molecule has 1 amide bonds. The molecule has 2 rings (SSSR count). The second kappa shape index (κ2) is 6.68. The molecule has 0 spiro atoms. The Balaban J connectivity index is 1.82. The van der Waals surface area contributed by atoms with Crippen LogP contribution in [-0.2, 0) is 9.53 Å². The lowest BCUT2D eigenvalue weighted by Crippen LogP contribution is -2.53. The Labute approximate surface area is 115 Å². The molecule has 0 radical (unpaired) electrons. The van der Waals surface area contributed by atoms with Crippen LogP contribution >= 0.6 is 0 Å². The highest BCUT2D eigenvalue weighted by Crippen LogP contribution is 2.25. The predicted molar refractivity (Wildman–Crippen MR) is 72.8 cm³/mol. The maximum Gasteiger partial charge on any atom is 0.225 e. The van der Waals surface area contributed by atoms with E-state index in [0.29, 0.717) is 6.04 Å². The van der Waals surface area contributed by atoms with Gasteiger partial charge in [-0.2, -0.15) is 0 Å². The quantitative estimate of drug-likeness (QED) is 0.775. The van der Waals surface area contributed by atoms with Crippen molar-refractivity contribution in [3.63, 3.8) is 0 Å².